The topological polar surface area (TPSA) is 135 Å². The van der Waals surface area contributed by atoms with Gasteiger partial charge in [-0.15, -0.1) is 0 Å². The van der Waals surface area contributed by atoms with Crippen LogP contribution >= 0.6 is 0 Å². The fraction of sp³-hybridized carbons (Fsp3) is 0. The van der Waals surface area contributed by atoms with Gasteiger partial charge >= 0.3 is 0 Å². The molecule has 0 saturated carbocycles. The first kappa shape index (κ1) is 11.9. The van der Waals surface area contributed by atoms with Crippen LogP contribution in [0.25, 0.3) is 0 Å². The number of anilines is 1. The van der Waals surface area contributed by atoms with Gasteiger partial charge in [-0.05, 0) is 0 Å². The van der Waals surface area contributed by atoms with E-state index < -0.39 is 10.6 Å². The SMILES string of the molecule is N#CC(C#N)=NNc1cc(O)cc([N+](=O)[O-])c1. The minimum absolute atomic E-state index is 0.0969. The number of hydrogen-bond donors (Lipinski definition) is 2. The Morgan fingerprint density at radius 2 is 2.06 bits per heavy atom. The Kier molecular flexibility index (Phi) is 3.58. The molecule has 0 amide bonds. The molecule has 0 unspecified atom stereocenters. The van der Waals surface area contributed by atoms with Gasteiger partial charge in [0.2, 0.25) is 5.71 Å². The van der Waals surface area contributed by atoms with E-state index in [1.807, 2.05) is 0 Å². The number of hydrazone groups is 1. The van der Waals surface area contributed by atoms with Crippen molar-refractivity contribution < 1.29 is 10.0 Å². The smallest absolute Gasteiger partial charge is 0.275 e. The summed E-state index contributed by atoms with van der Waals surface area (Å²) in [6, 6.07) is 6.25. The van der Waals surface area contributed by atoms with E-state index in [0.29, 0.717) is 0 Å². The highest BCUT2D eigenvalue weighted by atomic mass is 16.6. The highest BCUT2D eigenvalue weighted by Gasteiger charge is 2.09. The molecule has 0 radical (unpaired) electrons. The molecule has 8 heteroatoms. The van der Waals surface area contributed by atoms with Crippen LogP contribution in [0, 0.1) is 32.8 Å². The van der Waals surface area contributed by atoms with Crippen LogP contribution in [0.1, 0.15) is 0 Å². The number of rotatable bonds is 3. The number of nitro groups is 1. The zero-order valence-corrected chi connectivity index (χ0v) is 8.28. The van der Waals surface area contributed by atoms with Crippen molar-refractivity contribution in [1.29, 1.82) is 10.5 Å². The van der Waals surface area contributed by atoms with E-state index >= 15 is 0 Å². The van der Waals surface area contributed by atoms with Crippen LogP contribution in [0.15, 0.2) is 23.3 Å². The number of benzene rings is 1. The summed E-state index contributed by atoms with van der Waals surface area (Å²) < 4.78 is 0. The van der Waals surface area contributed by atoms with Gasteiger partial charge in [0.1, 0.15) is 17.9 Å². The summed E-state index contributed by atoms with van der Waals surface area (Å²) in [5, 5.41) is 39.9. The van der Waals surface area contributed by atoms with Gasteiger partial charge in [0.25, 0.3) is 5.69 Å². The second-order valence-corrected chi connectivity index (χ2v) is 2.79. The monoisotopic (exact) mass is 231 g/mol. The average Bonchev–Trinajstić information content (AvgIpc) is 2.29. The van der Waals surface area contributed by atoms with Crippen molar-refractivity contribution >= 4 is 17.1 Å². The quantitative estimate of drug-likeness (QED) is 0.454. The van der Waals surface area contributed by atoms with E-state index in [2.05, 4.69) is 10.5 Å². The normalized spacial score (nSPS) is 8.59. The van der Waals surface area contributed by atoms with Gasteiger partial charge in [0, 0.05) is 12.1 Å². The van der Waals surface area contributed by atoms with Crippen LogP contribution in [0.2, 0.25) is 0 Å². The van der Waals surface area contributed by atoms with Gasteiger partial charge in [-0.1, -0.05) is 0 Å². The fourth-order valence-electron chi connectivity index (χ4n) is 0.961. The van der Waals surface area contributed by atoms with Crippen LogP contribution < -0.4 is 5.43 Å². The van der Waals surface area contributed by atoms with Crippen LogP contribution in [0.3, 0.4) is 0 Å². The number of hydrogen-bond acceptors (Lipinski definition) is 7. The minimum atomic E-state index is -0.690. The van der Waals surface area contributed by atoms with Crippen LogP contribution in [0.5, 0.6) is 5.75 Å². The summed E-state index contributed by atoms with van der Waals surface area (Å²) in [5.41, 5.74) is 1.59. The lowest BCUT2D eigenvalue weighted by atomic mass is 10.2. The lowest BCUT2D eigenvalue weighted by Gasteiger charge is -2.00. The van der Waals surface area contributed by atoms with E-state index in [-0.39, 0.29) is 17.1 Å². The molecular weight excluding hydrogens is 226 g/mol. The molecule has 0 aliphatic rings. The molecule has 0 aliphatic carbocycles. The maximum absolute atomic E-state index is 10.5. The van der Waals surface area contributed by atoms with Crippen molar-refractivity contribution in [2.45, 2.75) is 0 Å². The second-order valence-electron chi connectivity index (χ2n) is 2.79. The number of aromatic hydroxyl groups is 1. The van der Waals surface area contributed by atoms with Crippen molar-refractivity contribution in [3.63, 3.8) is 0 Å². The highest BCUT2D eigenvalue weighted by Crippen LogP contribution is 2.24. The zero-order valence-electron chi connectivity index (χ0n) is 8.28. The van der Waals surface area contributed by atoms with Crippen molar-refractivity contribution in [2.24, 2.45) is 5.10 Å². The highest BCUT2D eigenvalue weighted by molar-refractivity contribution is 6.10. The predicted molar refractivity (Wildman–Crippen MR) is 57.0 cm³/mol. The Bertz CT molecular complexity index is 551. The average molecular weight is 231 g/mol. The predicted octanol–water partition coefficient (Wildman–Crippen LogP) is 1.12. The van der Waals surface area contributed by atoms with E-state index in [1.165, 1.54) is 18.2 Å². The van der Waals surface area contributed by atoms with Crippen LogP contribution in [0.4, 0.5) is 11.4 Å². The summed E-state index contributed by atoms with van der Waals surface area (Å²) in [7, 11) is 0. The number of nitrogens with zero attached hydrogens (tertiary/aromatic N) is 4. The molecule has 0 fully saturated rings. The molecule has 0 aliphatic heterocycles. The van der Waals surface area contributed by atoms with E-state index in [0.717, 1.165) is 12.1 Å². The van der Waals surface area contributed by atoms with Gasteiger partial charge in [0.05, 0.1) is 16.7 Å². The van der Waals surface area contributed by atoms with E-state index in [9.17, 15) is 15.2 Å². The third-order valence-electron chi connectivity index (χ3n) is 1.62. The molecule has 1 aromatic rings. The van der Waals surface area contributed by atoms with Crippen LogP contribution in [-0.2, 0) is 0 Å². The van der Waals surface area contributed by atoms with Crippen molar-refractivity contribution in [2.75, 3.05) is 5.43 Å². The number of non-ortho nitro benzene ring substituents is 1. The van der Waals surface area contributed by atoms with E-state index in [4.69, 9.17) is 10.5 Å². The van der Waals surface area contributed by atoms with Gasteiger partial charge in [-0.2, -0.15) is 15.6 Å². The molecule has 0 heterocycles. The summed E-state index contributed by atoms with van der Waals surface area (Å²) in [6.45, 7) is 0. The van der Waals surface area contributed by atoms with Gasteiger partial charge in [-0.25, -0.2) is 0 Å². The summed E-state index contributed by atoms with van der Waals surface area (Å²) in [6.07, 6.45) is 0. The molecule has 0 atom stereocenters. The van der Waals surface area contributed by atoms with Crippen molar-refractivity contribution in [1.82, 2.24) is 0 Å². The van der Waals surface area contributed by atoms with Gasteiger partial charge in [-0.3, -0.25) is 15.5 Å². The Morgan fingerprint density at radius 1 is 1.41 bits per heavy atom. The van der Waals surface area contributed by atoms with Crippen molar-refractivity contribution in [3.05, 3.63) is 28.3 Å². The number of phenols is 1. The zero-order chi connectivity index (χ0) is 12.8. The first-order valence-corrected chi connectivity index (χ1v) is 4.19. The molecule has 0 bridgehead atoms. The lowest BCUT2D eigenvalue weighted by Crippen LogP contribution is -1.97. The maximum Gasteiger partial charge on any atom is 0.275 e. The first-order valence-electron chi connectivity index (χ1n) is 4.19. The van der Waals surface area contributed by atoms with Crippen LogP contribution in [-0.4, -0.2) is 15.7 Å². The minimum Gasteiger partial charge on any atom is -0.508 e. The molecule has 17 heavy (non-hydrogen) atoms. The third-order valence-corrected chi connectivity index (χ3v) is 1.62. The largest absolute Gasteiger partial charge is 0.508 e. The summed E-state index contributed by atoms with van der Waals surface area (Å²) in [4.78, 5) is 9.79. The summed E-state index contributed by atoms with van der Waals surface area (Å²) >= 11 is 0. The van der Waals surface area contributed by atoms with Gasteiger partial charge < -0.3 is 5.11 Å². The first-order chi connectivity index (χ1) is 8.06. The van der Waals surface area contributed by atoms with E-state index in [1.54, 1.807) is 0 Å². The fourth-order valence-corrected chi connectivity index (χ4v) is 0.961. The molecule has 1 rings (SSSR count). The summed E-state index contributed by atoms with van der Waals surface area (Å²) in [5.74, 6) is -0.327. The lowest BCUT2D eigenvalue weighted by molar-refractivity contribution is -0.384. The molecule has 0 saturated heterocycles. The number of nitrogens with one attached hydrogen (secondary N) is 1. The maximum atomic E-state index is 10.5. The Morgan fingerprint density at radius 3 is 2.59 bits per heavy atom. The molecule has 0 aromatic heterocycles. The number of phenolic OH excluding ortho intramolecular Hbond substituents is 1. The number of nitro benzene ring substituents is 1. The molecule has 84 valence electrons. The molecule has 1 aromatic carbocycles. The standard InChI is InChI=1S/C9H5N5O3/c10-4-7(5-11)13-12-6-1-8(14(16)17)3-9(15)2-6/h1-3,12,15H. The molecule has 2 N–H and O–H groups in total. The van der Waals surface area contributed by atoms with Crippen molar-refractivity contribution in [3.8, 4) is 17.9 Å². The Hall–Kier alpha value is -3.13. The molecule has 8 nitrogen and oxygen atoms in total. The van der Waals surface area contributed by atoms with Gasteiger partial charge in [0.15, 0.2) is 0 Å². The number of nitriles is 2. The second kappa shape index (κ2) is 5.09. The Labute approximate surface area is 95.2 Å². The molecular formula is C9H5N5O3. The third kappa shape index (κ3) is 3.18. The molecule has 0 spiro atoms. The Balaban J connectivity index is 3.02.